The molecule has 1 aliphatic rings. The van der Waals surface area contributed by atoms with E-state index < -0.39 is 0 Å². The Balaban J connectivity index is 2.06. The number of aromatic nitrogens is 1. The molecule has 0 fully saturated rings. The summed E-state index contributed by atoms with van der Waals surface area (Å²) in [5, 5.41) is 0. The second-order valence-corrected chi connectivity index (χ2v) is 6.26. The molecule has 0 bridgehead atoms. The van der Waals surface area contributed by atoms with Crippen molar-refractivity contribution in [2.24, 2.45) is 13.0 Å². The van der Waals surface area contributed by atoms with Gasteiger partial charge in [-0.15, -0.1) is 0 Å². The Morgan fingerprint density at radius 2 is 1.74 bits per heavy atom. The van der Waals surface area contributed by atoms with Gasteiger partial charge in [0.25, 0.3) is 5.91 Å². The van der Waals surface area contributed by atoms with Crippen molar-refractivity contribution in [2.75, 3.05) is 29.9 Å². The Bertz CT molecular complexity index is 797. The maximum absolute atomic E-state index is 13.0. The number of fused-ring (bicyclic) bond motifs is 1. The number of carbonyl (C=O) groups excluding carboxylic acids is 1. The van der Waals surface area contributed by atoms with Crippen molar-refractivity contribution >= 4 is 17.3 Å². The highest BCUT2D eigenvalue weighted by Crippen LogP contribution is 2.33. The van der Waals surface area contributed by atoms with E-state index in [2.05, 4.69) is 18.9 Å². The van der Waals surface area contributed by atoms with Crippen molar-refractivity contribution in [1.29, 1.82) is 0 Å². The van der Waals surface area contributed by atoms with Crippen LogP contribution in [0, 0.1) is 5.92 Å². The number of hydrogen-bond acceptors (Lipinski definition) is 3. The molecule has 0 aliphatic carbocycles. The van der Waals surface area contributed by atoms with Crippen LogP contribution < -0.4 is 15.4 Å². The van der Waals surface area contributed by atoms with Crippen LogP contribution in [0.4, 0.5) is 11.4 Å². The molecule has 0 N–H and O–H groups in total. The van der Waals surface area contributed by atoms with E-state index in [0.29, 0.717) is 18.0 Å². The summed E-state index contributed by atoms with van der Waals surface area (Å²) in [6.07, 6.45) is 1.60. The van der Waals surface area contributed by atoms with Crippen molar-refractivity contribution in [3.8, 4) is 0 Å². The fraction of sp³-hybridized carbons (Fsp3) is 0.333. The van der Waals surface area contributed by atoms with Crippen molar-refractivity contribution in [1.82, 2.24) is 4.57 Å². The number of hydrogen-bond donors (Lipinski definition) is 0. The molecule has 0 saturated carbocycles. The first-order valence-corrected chi connectivity index (χ1v) is 7.76. The van der Waals surface area contributed by atoms with Gasteiger partial charge in [-0.1, -0.05) is 19.1 Å². The summed E-state index contributed by atoms with van der Waals surface area (Å²) >= 11 is 0. The first-order chi connectivity index (χ1) is 11.0. The molecular weight excluding hydrogens is 290 g/mol. The van der Waals surface area contributed by atoms with Crippen LogP contribution in [0.15, 0.2) is 47.4 Å². The van der Waals surface area contributed by atoms with E-state index in [0.717, 1.165) is 17.9 Å². The fourth-order valence-corrected chi connectivity index (χ4v) is 3.12. The molecule has 2 heterocycles. The molecule has 23 heavy (non-hydrogen) atoms. The van der Waals surface area contributed by atoms with E-state index in [-0.39, 0.29) is 11.5 Å². The lowest BCUT2D eigenvalue weighted by Crippen LogP contribution is -2.35. The smallest absolute Gasteiger partial charge is 0.259 e. The van der Waals surface area contributed by atoms with E-state index in [9.17, 15) is 9.59 Å². The average molecular weight is 311 g/mol. The fourth-order valence-electron chi connectivity index (χ4n) is 3.12. The number of aryl methyl sites for hydroxylation is 1. The predicted octanol–water partition coefficient (Wildman–Crippen LogP) is 2.12. The average Bonchev–Trinajstić information content (AvgIpc) is 2.66. The van der Waals surface area contributed by atoms with Crippen LogP contribution in [0.3, 0.4) is 0 Å². The van der Waals surface area contributed by atoms with Gasteiger partial charge in [0.2, 0.25) is 5.56 Å². The first-order valence-electron chi connectivity index (χ1n) is 7.76. The monoisotopic (exact) mass is 311 g/mol. The summed E-state index contributed by atoms with van der Waals surface area (Å²) in [6.45, 7) is 3.69. The largest absolute Gasteiger partial charge is 0.373 e. The van der Waals surface area contributed by atoms with Gasteiger partial charge < -0.3 is 14.4 Å². The molecule has 0 saturated heterocycles. The Hall–Kier alpha value is -2.56. The zero-order chi connectivity index (χ0) is 16.6. The third-order valence-electron chi connectivity index (χ3n) is 4.24. The normalized spacial score (nSPS) is 17.6. The van der Waals surface area contributed by atoms with Crippen LogP contribution >= 0.6 is 0 Å². The van der Waals surface area contributed by atoms with Gasteiger partial charge in [0.05, 0.1) is 16.9 Å². The number of benzene rings is 1. The highest BCUT2D eigenvalue weighted by Gasteiger charge is 2.27. The zero-order valence-corrected chi connectivity index (χ0v) is 13.7. The highest BCUT2D eigenvalue weighted by atomic mass is 16.2. The molecule has 0 radical (unpaired) electrons. The molecule has 1 aliphatic heterocycles. The van der Waals surface area contributed by atoms with E-state index in [1.165, 1.54) is 10.6 Å². The molecule has 5 heteroatoms. The third-order valence-corrected chi connectivity index (χ3v) is 4.24. The minimum absolute atomic E-state index is 0.0739. The van der Waals surface area contributed by atoms with Crippen molar-refractivity contribution in [3.05, 3.63) is 58.5 Å². The van der Waals surface area contributed by atoms with Crippen LogP contribution in [0.5, 0.6) is 0 Å². The predicted molar refractivity (Wildman–Crippen MR) is 92.2 cm³/mol. The molecule has 1 aromatic carbocycles. The van der Waals surface area contributed by atoms with Gasteiger partial charge in [-0.2, -0.15) is 0 Å². The van der Waals surface area contributed by atoms with Crippen LogP contribution in [0.1, 0.15) is 17.3 Å². The zero-order valence-electron chi connectivity index (χ0n) is 13.7. The lowest BCUT2D eigenvalue weighted by molar-refractivity contribution is 0.0983. The molecule has 0 spiro atoms. The number of amides is 1. The van der Waals surface area contributed by atoms with Crippen molar-refractivity contribution in [3.63, 3.8) is 0 Å². The molecular formula is C18H21N3O2. The number of nitrogens with zero attached hydrogens (tertiary/aromatic N) is 3. The summed E-state index contributed by atoms with van der Waals surface area (Å²) in [4.78, 5) is 28.6. The maximum atomic E-state index is 13.0. The Morgan fingerprint density at radius 3 is 2.43 bits per heavy atom. The number of pyridine rings is 1. The summed E-state index contributed by atoms with van der Waals surface area (Å²) in [5.41, 5.74) is 2.37. The highest BCUT2D eigenvalue weighted by molar-refractivity contribution is 6.07. The molecule has 1 aromatic heterocycles. The second-order valence-electron chi connectivity index (χ2n) is 6.26. The molecule has 1 amide bonds. The second kappa shape index (κ2) is 5.91. The number of para-hydroxylation sites is 2. The molecule has 3 rings (SSSR count). The van der Waals surface area contributed by atoms with Gasteiger partial charge in [-0.3, -0.25) is 9.59 Å². The van der Waals surface area contributed by atoms with Gasteiger partial charge in [0.1, 0.15) is 0 Å². The molecule has 2 aromatic rings. The van der Waals surface area contributed by atoms with Crippen LogP contribution in [-0.2, 0) is 7.05 Å². The molecule has 120 valence electrons. The Labute approximate surface area is 135 Å². The van der Waals surface area contributed by atoms with E-state index in [4.69, 9.17) is 0 Å². The lowest BCUT2D eigenvalue weighted by atomic mass is 10.1. The number of carbonyl (C=O) groups is 1. The van der Waals surface area contributed by atoms with Crippen molar-refractivity contribution < 1.29 is 4.79 Å². The van der Waals surface area contributed by atoms with Crippen LogP contribution in [0.25, 0.3) is 0 Å². The quantitative estimate of drug-likeness (QED) is 0.810. The summed E-state index contributed by atoms with van der Waals surface area (Å²) in [7, 11) is 3.71. The standard InChI is InChI=1S/C18H21N3O2/c1-13-10-19(2)15-6-4-5-7-16(15)21(11-13)18(23)14-8-9-17(22)20(3)12-14/h4-9,12-13H,10-11H2,1-3H3/t13-/m1/s1. The summed E-state index contributed by atoms with van der Waals surface area (Å²) < 4.78 is 1.44. The van der Waals surface area contributed by atoms with Gasteiger partial charge in [-0.05, 0) is 24.1 Å². The van der Waals surface area contributed by atoms with E-state index in [1.807, 2.05) is 29.2 Å². The van der Waals surface area contributed by atoms with Crippen LogP contribution in [0.2, 0.25) is 0 Å². The van der Waals surface area contributed by atoms with Gasteiger partial charge in [-0.25, -0.2) is 0 Å². The third kappa shape index (κ3) is 2.86. The van der Waals surface area contributed by atoms with Gasteiger partial charge in [0.15, 0.2) is 0 Å². The minimum atomic E-state index is -0.120. The number of rotatable bonds is 1. The van der Waals surface area contributed by atoms with Gasteiger partial charge in [0, 0.05) is 39.4 Å². The SMILES string of the molecule is C[C@@H]1CN(C)c2ccccc2N(C(=O)c2ccc(=O)n(C)c2)C1. The number of anilines is 2. The Kier molecular flexibility index (Phi) is 3.94. The molecule has 5 nitrogen and oxygen atoms in total. The van der Waals surface area contributed by atoms with Gasteiger partial charge >= 0.3 is 0 Å². The van der Waals surface area contributed by atoms with Crippen LogP contribution in [-0.4, -0.2) is 30.6 Å². The summed E-state index contributed by atoms with van der Waals surface area (Å²) in [5.74, 6) is 0.277. The van der Waals surface area contributed by atoms with E-state index in [1.54, 1.807) is 19.3 Å². The van der Waals surface area contributed by atoms with Crippen molar-refractivity contribution in [2.45, 2.75) is 6.92 Å². The first kappa shape index (κ1) is 15.3. The molecule has 1 atom stereocenters. The molecule has 0 unspecified atom stereocenters. The Morgan fingerprint density at radius 1 is 1.04 bits per heavy atom. The topological polar surface area (TPSA) is 45.6 Å². The van der Waals surface area contributed by atoms with E-state index >= 15 is 0 Å². The maximum Gasteiger partial charge on any atom is 0.259 e. The minimum Gasteiger partial charge on any atom is -0.373 e. The lowest BCUT2D eigenvalue weighted by Gasteiger charge is -2.24. The summed E-state index contributed by atoms with van der Waals surface area (Å²) in [6, 6.07) is 11.0.